The van der Waals surface area contributed by atoms with Crippen LogP contribution in [0.2, 0.25) is 0 Å². The summed E-state index contributed by atoms with van der Waals surface area (Å²) >= 11 is 0. The largest absolute Gasteiger partial charge is 0.370 e. The Bertz CT molecular complexity index is 391. The maximum Gasteiger partial charge on any atom is 0.0991 e. The zero-order chi connectivity index (χ0) is 11.5. The first-order valence-corrected chi connectivity index (χ1v) is 5.62. The minimum Gasteiger partial charge on any atom is -0.370 e. The summed E-state index contributed by atoms with van der Waals surface area (Å²) in [5.74, 6) is 0. The van der Waals surface area contributed by atoms with Crippen LogP contribution < -0.4 is 4.90 Å². The molecule has 1 aliphatic heterocycles. The Balaban J connectivity index is 2.09. The van der Waals surface area contributed by atoms with Crippen molar-refractivity contribution in [1.82, 2.24) is 4.90 Å². The quantitative estimate of drug-likeness (QED) is 0.752. The second-order valence-electron chi connectivity index (χ2n) is 4.47. The lowest BCUT2D eigenvalue weighted by Gasteiger charge is -2.26. The van der Waals surface area contributed by atoms with Gasteiger partial charge in [0.2, 0.25) is 0 Å². The summed E-state index contributed by atoms with van der Waals surface area (Å²) in [5, 5.41) is 8.74. The predicted octanol–water partition coefficient (Wildman–Crippen LogP) is 1.70. The van der Waals surface area contributed by atoms with Gasteiger partial charge in [0.25, 0.3) is 0 Å². The van der Waals surface area contributed by atoms with E-state index in [1.54, 1.807) is 0 Å². The van der Waals surface area contributed by atoms with Crippen molar-refractivity contribution in [3.63, 3.8) is 0 Å². The third kappa shape index (κ3) is 2.17. The van der Waals surface area contributed by atoms with E-state index in [1.165, 1.54) is 18.7 Å². The second kappa shape index (κ2) is 4.54. The number of likely N-dealkylation sites (tertiary alicyclic amines) is 1. The molecule has 1 unspecified atom stereocenters. The number of benzene rings is 1. The van der Waals surface area contributed by atoms with E-state index in [1.807, 2.05) is 24.3 Å². The van der Waals surface area contributed by atoms with Crippen molar-refractivity contribution in [2.75, 3.05) is 32.1 Å². The van der Waals surface area contributed by atoms with Crippen LogP contribution in [0.4, 0.5) is 5.69 Å². The number of likely N-dealkylation sites (N-methyl/N-ethyl adjacent to an activating group) is 2. The summed E-state index contributed by atoms with van der Waals surface area (Å²) in [6.45, 7) is 2.29. The van der Waals surface area contributed by atoms with Crippen molar-refractivity contribution in [2.24, 2.45) is 0 Å². The molecule has 1 saturated heterocycles. The van der Waals surface area contributed by atoms with Crippen molar-refractivity contribution in [3.8, 4) is 6.07 Å². The number of hydrogen-bond donors (Lipinski definition) is 0. The molecule has 0 bridgehead atoms. The van der Waals surface area contributed by atoms with E-state index >= 15 is 0 Å². The highest BCUT2D eigenvalue weighted by molar-refractivity contribution is 5.50. The second-order valence-corrected chi connectivity index (χ2v) is 4.47. The molecule has 84 valence electrons. The van der Waals surface area contributed by atoms with E-state index in [0.29, 0.717) is 6.04 Å². The van der Waals surface area contributed by atoms with Crippen LogP contribution in [0.1, 0.15) is 12.0 Å². The lowest BCUT2D eigenvalue weighted by molar-refractivity contribution is 0.409. The van der Waals surface area contributed by atoms with Crippen LogP contribution in [0.15, 0.2) is 24.3 Å². The van der Waals surface area contributed by atoms with Crippen LogP contribution in [0.3, 0.4) is 0 Å². The molecule has 1 atom stereocenters. The van der Waals surface area contributed by atoms with Crippen molar-refractivity contribution in [1.29, 1.82) is 5.26 Å². The van der Waals surface area contributed by atoms with Gasteiger partial charge in [-0.2, -0.15) is 5.26 Å². The zero-order valence-corrected chi connectivity index (χ0v) is 9.85. The molecule has 0 aliphatic carbocycles. The van der Waals surface area contributed by atoms with Crippen molar-refractivity contribution in [2.45, 2.75) is 12.5 Å². The fraction of sp³-hybridized carbons (Fsp3) is 0.462. The Morgan fingerprint density at radius 2 is 2.06 bits per heavy atom. The molecule has 1 aliphatic rings. The van der Waals surface area contributed by atoms with Gasteiger partial charge in [0, 0.05) is 25.3 Å². The number of anilines is 1. The summed E-state index contributed by atoms with van der Waals surface area (Å²) in [5.41, 5.74) is 1.92. The summed E-state index contributed by atoms with van der Waals surface area (Å²) in [4.78, 5) is 4.66. The third-order valence-electron chi connectivity index (χ3n) is 3.32. The van der Waals surface area contributed by atoms with Gasteiger partial charge in [-0.25, -0.2) is 0 Å². The molecular weight excluding hydrogens is 198 g/mol. The summed E-state index contributed by atoms with van der Waals surface area (Å²) in [6, 6.07) is 10.5. The van der Waals surface area contributed by atoms with Crippen LogP contribution in [-0.4, -0.2) is 38.1 Å². The minimum atomic E-state index is 0.595. The third-order valence-corrected chi connectivity index (χ3v) is 3.32. The van der Waals surface area contributed by atoms with Crippen LogP contribution in [0.5, 0.6) is 0 Å². The highest BCUT2D eigenvalue weighted by Crippen LogP contribution is 2.20. The Morgan fingerprint density at radius 3 is 2.56 bits per heavy atom. The first-order chi connectivity index (χ1) is 7.70. The van der Waals surface area contributed by atoms with Crippen molar-refractivity contribution in [3.05, 3.63) is 29.8 Å². The van der Waals surface area contributed by atoms with Crippen LogP contribution in [0.25, 0.3) is 0 Å². The lowest BCUT2D eigenvalue weighted by atomic mass is 10.1. The smallest absolute Gasteiger partial charge is 0.0991 e. The van der Waals surface area contributed by atoms with Gasteiger partial charge in [-0.15, -0.1) is 0 Å². The molecule has 0 N–H and O–H groups in total. The standard InChI is InChI=1S/C13H17N3/c1-15-8-7-13(10-15)16(2)12-5-3-11(9-14)4-6-12/h3-6,13H,7-8,10H2,1-2H3. The van der Waals surface area contributed by atoms with Gasteiger partial charge in [0.05, 0.1) is 11.6 Å². The SMILES string of the molecule is CN1CCC(N(C)c2ccc(C#N)cc2)C1. The number of nitriles is 1. The fourth-order valence-corrected chi connectivity index (χ4v) is 2.21. The molecule has 1 aromatic carbocycles. The molecule has 3 nitrogen and oxygen atoms in total. The van der Waals surface area contributed by atoms with Gasteiger partial charge >= 0.3 is 0 Å². The molecule has 1 aromatic rings. The summed E-state index contributed by atoms with van der Waals surface area (Å²) < 4.78 is 0. The average Bonchev–Trinajstić information content (AvgIpc) is 2.75. The van der Waals surface area contributed by atoms with Crippen molar-refractivity contribution < 1.29 is 0 Å². The predicted molar refractivity (Wildman–Crippen MR) is 65.5 cm³/mol. The Morgan fingerprint density at radius 1 is 1.38 bits per heavy atom. The molecule has 16 heavy (non-hydrogen) atoms. The Kier molecular flexibility index (Phi) is 3.12. The zero-order valence-electron chi connectivity index (χ0n) is 9.85. The van der Waals surface area contributed by atoms with Gasteiger partial charge < -0.3 is 9.80 Å². The minimum absolute atomic E-state index is 0.595. The van der Waals surface area contributed by atoms with E-state index in [9.17, 15) is 0 Å². The van der Waals surface area contributed by atoms with Gasteiger partial charge in [-0.05, 0) is 44.3 Å². The maximum absolute atomic E-state index is 8.74. The van der Waals surface area contributed by atoms with Gasteiger partial charge in [-0.3, -0.25) is 0 Å². The molecule has 2 rings (SSSR count). The Labute approximate surface area is 96.9 Å². The first-order valence-electron chi connectivity index (χ1n) is 5.62. The normalized spacial score (nSPS) is 20.7. The van der Waals surface area contributed by atoms with Gasteiger partial charge in [-0.1, -0.05) is 0 Å². The van der Waals surface area contributed by atoms with Crippen LogP contribution >= 0.6 is 0 Å². The van der Waals surface area contributed by atoms with Gasteiger partial charge in [0.1, 0.15) is 0 Å². The highest BCUT2D eigenvalue weighted by atomic mass is 15.2. The molecule has 1 fully saturated rings. The molecule has 0 amide bonds. The van der Waals surface area contributed by atoms with E-state index in [-0.39, 0.29) is 0 Å². The molecule has 1 heterocycles. The monoisotopic (exact) mass is 215 g/mol. The molecule has 3 heteroatoms. The van der Waals surface area contributed by atoms with E-state index in [4.69, 9.17) is 5.26 Å². The Hall–Kier alpha value is -1.53. The number of hydrogen-bond acceptors (Lipinski definition) is 3. The maximum atomic E-state index is 8.74. The van der Waals surface area contributed by atoms with Crippen LogP contribution in [0, 0.1) is 11.3 Å². The highest BCUT2D eigenvalue weighted by Gasteiger charge is 2.23. The van der Waals surface area contributed by atoms with E-state index < -0.39 is 0 Å². The molecule has 0 radical (unpaired) electrons. The molecular formula is C13H17N3. The fourth-order valence-electron chi connectivity index (χ4n) is 2.21. The number of rotatable bonds is 2. The first kappa shape index (κ1) is 11.0. The van der Waals surface area contributed by atoms with E-state index in [0.717, 1.165) is 12.1 Å². The molecule has 0 saturated carbocycles. The molecule has 0 spiro atoms. The number of nitrogens with zero attached hydrogens (tertiary/aromatic N) is 3. The summed E-state index contributed by atoms with van der Waals surface area (Å²) in [7, 11) is 4.29. The van der Waals surface area contributed by atoms with Gasteiger partial charge in [0.15, 0.2) is 0 Å². The van der Waals surface area contributed by atoms with E-state index in [2.05, 4.69) is 30.0 Å². The van der Waals surface area contributed by atoms with Crippen molar-refractivity contribution >= 4 is 5.69 Å². The summed E-state index contributed by atoms with van der Waals surface area (Å²) in [6.07, 6.45) is 1.22. The van der Waals surface area contributed by atoms with Crippen LogP contribution in [-0.2, 0) is 0 Å². The lowest BCUT2D eigenvalue weighted by Crippen LogP contribution is -2.33. The molecule has 0 aromatic heterocycles. The topological polar surface area (TPSA) is 30.3 Å². The average molecular weight is 215 g/mol.